The zero-order valence-corrected chi connectivity index (χ0v) is 15.1. The Balaban J connectivity index is 1.57. The van der Waals surface area contributed by atoms with Gasteiger partial charge in [-0.3, -0.25) is 10.1 Å². The van der Waals surface area contributed by atoms with Crippen LogP contribution in [-0.4, -0.2) is 40.4 Å². The average molecular weight is 364 g/mol. The normalized spacial score (nSPS) is 15.2. The predicted molar refractivity (Wildman–Crippen MR) is 96.2 cm³/mol. The van der Waals surface area contributed by atoms with E-state index in [0.29, 0.717) is 22.6 Å². The van der Waals surface area contributed by atoms with Crippen molar-refractivity contribution in [3.05, 3.63) is 34.6 Å². The van der Waals surface area contributed by atoms with Gasteiger partial charge in [-0.1, -0.05) is 11.6 Å². The van der Waals surface area contributed by atoms with Crippen LogP contribution < -0.4 is 15.4 Å². The molecule has 0 bridgehead atoms. The monoisotopic (exact) mass is 363 g/mol. The molecule has 1 aliphatic heterocycles. The lowest BCUT2D eigenvalue weighted by Gasteiger charge is -2.19. The molecule has 7 nitrogen and oxygen atoms in total. The van der Waals surface area contributed by atoms with Crippen molar-refractivity contribution in [1.82, 2.24) is 20.1 Å². The topological polar surface area (TPSA) is 81.1 Å². The number of halogens is 1. The van der Waals surface area contributed by atoms with Crippen molar-refractivity contribution >= 4 is 23.5 Å². The fraction of sp³-hybridized carbons (Fsp3) is 0.471. The maximum atomic E-state index is 12.1. The summed E-state index contributed by atoms with van der Waals surface area (Å²) in [5.74, 6) is 1.89. The molecule has 134 valence electrons. The summed E-state index contributed by atoms with van der Waals surface area (Å²) < 4.78 is 7.10. The van der Waals surface area contributed by atoms with Crippen LogP contribution in [-0.2, 0) is 11.8 Å². The minimum Gasteiger partial charge on any atom is -0.484 e. The molecule has 0 spiro atoms. The number of benzene rings is 1. The van der Waals surface area contributed by atoms with Crippen molar-refractivity contribution in [3.63, 3.8) is 0 Å². The first-order valence-electron chi connectivity index (χ1n) is 8.33. The molecule has 0 atom stereocenters. The van der Waals surface area contributed by atoms with Crippen LogP contribution >= 0.6 is 11.6 Å². The maximum absolute atomic E-state index is 12.1. The summed E-state index contributed by atoms with van der Waals surface area (Å²) in [6.07, 6.45) is 2.02. The summed E-state index contributed by atoms with van der Waals surface area (Å²) in [4.78, 5) is 16.6. The maximum Gasteiger partial charge on any atom is 0.264 e. The largest absolute Gasteiger partial charge is 0.484 e. The second-order valence-corrected chi connectivity index (χ2v) is 6.60. The van der Waals surface area contributed by atoms with Crippen LogP contribution in [0.15, 0.2) is 18.2 Å². The highest BCUT2D eigenvalue weighted by Crippen LogP contribution is 2.23. The Kier molecular flexibility index (Phi) is 5.55. The van der Waals surface area contributed by atoms with Crippen LogP contribution in [0.25, 0.3) is 0 Å². The van der Waals surface area contributed by atoms with Gasteiger partial charge in [0, 0.05) is 18.0 Å². The summed E-state index contributed by atoms with van der Waals surface area (Å²) in [6, 6.07) is 5.28. The van der Waals surface area contributed by atoms with Gasteiger partial charge in [0.2, 0.25) is 5.95 Å². The third kappa shape index (κ3) is 4.49. The number of carbonyl (C=O) groups is 1. The van der Waals surface area contributed by atoms with Crippen molar-refractivity contribution in [2.24, 2.45) is 7.05 Å². The summed E-state index contributed by atoms with van der Waals surface area (Å²) in [7, 11) is 1.77. The summed E-state index contributed by atoms with van der Waals surface area (Å²) >= 11 is 5.98. The number of hydrogen-bond donors (Lipinski definition) is 2. The van der Waals surface area contributed by atoms with Gasteiger partial charge >= 0.3 is 0 Å². The molecule has 2 N–H and O–H groups in total. The highest BCUT2D eigenvalue weighted by Gasteiger charge is 2.21. The predicted octanol–water partition coefficient (Wildman–Crippen LogP) is 2.26. The number of anilines is 1. The van der Waals surface area contributed by atoms with Crippen LogP contribution in [0.5, 0.6) is 5.75 Å². The van der Waals surface area contributed by atoms with E-state index in [2.05, 4.69) is 20.7 Å². The Morgan fingerprint density at radius 1 is 1.44 bits per heavy atom. The molecule has 25 heavy (non-hydrogen) atoms. The molecular formula is C17H22ClN5O2. The van der Waals surface area contributed by atoms with Gasteiger partial charge in [-0.25, -0.2) is 4.68 Å². The zero-order chi connectivity index (χ0) is 17.8. The summed E-state index contributed by atoms with van der Waals surface area (Å²) in [6.45, 7) is 3.73. The minimum absolute atomic E-state index is 0.101. The molecule has 1 amide bonds. The number of aryl methyl sites for hydroxylation is 2. The molecule has 1 aromatic carbocycles. The Labute approximate surface area is 151 Å². The lowest BCUT2D eigenvalue weighted by molar-refractivity contribution is -0.118. The number of aromatic nitrogens is 3. The molecule has 2 aromatic rings. The second kappa shape index (κ2) is 7.84. The summed E-state index contributed by atoms with van der Waals surface area (Å²) in [5, 5.41) is 11.2. The standard InChI is InChI=1S/C17H22ClN5O2/c1-11-9-13(3-4-14(11)18)25-10-15(24)20-17-21-16(22-23(17)2)12-5-7-19-8-6-12/h3-4,9,12,19H,5-8,10H2,1-2H3,(H,20,21,22,24). The highest BCUT2D eigenvalue weighted by molar-refractivity contribution is 6.31. The third-order valence-corrected chi connectivity index (χ3v) is 4.66. The van der Waals surface area contributed by atoms with Gasteiger partial charge in [-0.15, -0.1) is 0 Å². The van der Waals surface area contributed by atoms with Gasteiger partial charge in [0.15, 0.2) is 12.4 Å². The Morgan fingerprint density at radius 2 is 2.20 bits per heavy atom. The molecular weight excluding hydrogens is 342 g/mol. The third-order valence-electron chi connectivity index (χ3n) is 4.23. The lowest BCUT2D eigenvalue weighted by Crippen LogP contribution is -2.27. The molecule has 0 unspecified atom stereocenters. The van der Waals surface area contributed by atoms with E-state index in [1.54, 1.807) is 29.9 Å². The van der Waals surface area contributed by atoms with Crippen LogP contribution in [0.3, 0.4) is 0 Å². The Hall–Kier alpha value is -2.12. The molecule has 1 fully saturated rings. The van der Waals surface area contributed by atoms with E-state index < -0.39 is 0 Å². The van der Waals surface area contributed by atoms with E-state index >= 15 is 0 Å². The van der Waals surface area contributed by atoms with E-state index in [4.69, 9.17) is 16.3 Å². The van der Waals surface area contributed by atoms with Gasteiger partial charge in [0.05, 0.1) is 0 Å². The molecule has 1 aromatic heterocycles. The number of rotatable bonds is 5. The first-order chi connectivity index (χ1) is 12.0. The summed E-state index contributed by atoms with van der Waals surface area (Å²) in [5.41, 5.74) is 0.902. The fourth-order valence-electron chi connectivity index (χ4n) is 2.78. The molecule has 1 saturated heterocycles. The number of nitrogens with one attached hydrogen (secondary N) is 2. The first-order valence-corrected chi connectivity index (χ1v) is 8.71. The molecule has 0 saturated carbocycles. The number of nitrogens with zero attached hydrogens (tertiary/aromatic N) is 3. The molecule has 0 radical (unpaired) electrons. The van der Waals surface area contributed by atoms with Crippen molar-refractivity contribution in [3.8, 4) is 5.75 Å². The van der Waals surface area contributed by atoms with Crippen LogP contribution in [0.4, 0.5) is 5.95 Å². The molecule has 2 heterocycles. The van der Waals surface area contributed by atoms with Crippen molar-refractivity contribution in [2.45, 2.75) is 25.7 Å². The number of ether oxygens (including phenoxy) is 1. The quantitative estimate of drug-likeness (QED) is 0.851. The smallest absolute Gasteiger partial charge is 0.264 e. The van der Waals surface area contributed by atoms with E-state index in [1.165, 1.54) is 0 Å². The Bertz CT molecular complexity index is 755. The van der Waals surface area contributed by atoms with E-state index in [-0.39, 0.29) is 12.5 Å². The lowest BCUT2D eigenvalue weighted by atomic mass is 9.98. The van der Waals surface area contributed by atoms with E-state index in [1.807, 2.05) is 6.92 Å². The van der Waals surface area contributed by atoms with Crippen molar-refractivity contribution in [1.29, 1.82) is 0 Å². The molecule has 1 aliphatic rings. The van der Waals surface area contributed by atoms with Gasteiger partial charge in [-0.2, -0.15) is 10.1 Å². The van der Waals surface area contributed by atoms with E-state index in [9.17, 15) is 4.79 Å². The highest BCUT2D eigenvalue weighted by atomic mass is 35.5. The minimum atomic E-state index is -0.278. The van der Waals surface area contributed by atoms with Crippen molar-refractivity contribution < 1.29 is 9.53 Å². The number of piperidine rings is 1. The van der Waals surface area contributed by atoms with Crippen LogP contribution in [0.2, 0.25) is 5.02 Å². The Morgan fingerprint density at radius 3 is 2.92 bits per heavy atom. The molecule has 0 aliphatic carbocycles. The SMILES string of the molecule is Cc1cc(OCC(=O)Nc2nc(C3CCNCC3)nn2C)ccc1Cl. The average Bonchev–Trinajstić information content (AvgIpc) is 2.97. The van der Waals surface area contributed by atoms with Gasteiger partial charge in [-0.05, 0) is 56.6 Å². The zero-order valence-electron chi connectivity index (χ0n) is 14.4. The van der Waals surface area contributed by atoms with Gasteiger partial charge in [0.1, 0.15) is 5.75 Å². The molecule has 3 rings (SSSR count). The van der Waals surface area contributed by atoms with Gasteiger partial charge in [0.25, 0.3) is 5.91 Å². The number of amides is 1. The number of hydrogen-bond acceptors (Lipinski definition) is 5. The van der Waals surface area contributed by atoms with Crippen molar-refractivity contribution in [2.75, 3.05) is 25.0 Å². The van der Waals surface area contributed by atoms with Crippen LogP contribution in [0, 0.1) is 6.92 Å². The van der Waals surface area contributed by atoms with Crippen LogP contribution in [0.1, 0.15) is 30.1 Å². The number of carbonyl (C=O) groups excluding carboxylic acids is 1. The second-order valence-electron chi connectivity index (χ2n) is 6.19. The molecule has 8 heteroatoms. The first kappa shape index (κ1) is 17.7. The van der Waals surface area contributed by atoms with E-state index in [0.717, 1.165) is 37.3 Å². The van der Waals surface area contributed by atoms with Gasteiger partial charge < -0.3 is 10.1 Å². The fourth-order valence-corrected chi connectivity index (χ4v) is 2.90.